The molecule has 8 nitrogen and oxygen atoms in total. The number of allylic oxidation sites excluding steroid dienone is 2. The number of sulfonamides is 1. The second kappa shape index (κ2) is 14.7. The van der Waals surface area contributed by atoms with Crippen LogP contribution in [0.3, 0.4) is 0 Å². The van der Waals surface area contributed by atoms with Crippen LogP contribution < -0.4 is 5.14 Å². The summed E-state index contributed by atoms with van der Waals surface area (Å²) in [6.45, 7) is 1.75. The third-order valence-corrected chi connectivity index (χ3v) is 9.51. The van der Waals surface area contributed by atoms with Gasteiger partial charge in [-0.1, -0.05) is 61.7 Å². The van der Waals surface area contributed by atoms with Gasteiger partial charge in [-0.3, -0.25) is 4.79 Å². The zero-order chi connectivity index (χ0) is 32.0. The highest BCUT2D eigenvalue weighted by Gasteiger charge is 2.26. The van der Waals surface area contributed by atoms with E-state index in [9.17, 15) is 17.6 Å². The Bertz CT molecular complexity index is 1780. The summed E-state index contributed by atoms with van der Waals surface area (Å²) < 4.78 is 47.3. The Morgan fingerprint density at radius 2 is 1.62 bits per heavy atom. The first kappa shape index (κ1) is 32.8. The second-order valence-corrected chi connectivity index (χ2v) is 13.3. The molecule has 1 heterocycles. The zero-order valence-electron chi connectivity index (χ0n) is 25.1. The number of aromatic nitrogens is 1. The number of rotatable bonds is 8. The van der Waals surface area contributed by atoms with E-state index in [-0.39, 0.29) is 5.78 Å². The molecule has 0 radical (unpaired) electrons. The van der Waals surface area contributed by atoms with Crippen LogP contribution in [0.25, 0.3) is 22.5 Å². The molecule has 0 bridgehead atoms. The molecule has 3 aromatic carbocycles. The lowest BCUT2D eigenvalue weighted by Crippen LogP contribution is -2.14. The van der Waals surface area contributed by atoms with E-state index in [1.165, 1.54) is 25.7 Å². The van der Waals surface area contributed by atoms with Crippen molar-refractivity contribution in [2.45, 2.75) is 67.6 Å². The first-order valence-corrected chi connectivity index (χ1v) is 17.0. The Kier molecular flexibility index (Phi) is 10.7. The highest BCUT2D eigenvalue weighted by atomic mass is 32.2. The van der Waals surface area contributed by atoms with Crippen molar-refractivity contribution in [1.82, 2.24) is 4.98 Å². The van der Waals surface area contributed by atoms with Gasteiger partial charge in [-0.25, -0.2) is 27.8 Å². The topological polar surface area (TPSA) is 122 Å². The van der Waals surface area contributed by atoms with Crippen molar-refractivity contribution in [2.75, 3.05) is 7.11 Å². The van der Waals surface area contributed by atoms with E-state index in [4.69, 9.17) is 13.9 Å². The van der Waals surface area contributed by atoms with E-state index in [0.717, 1.165) is 83.1 Å². The minimum atomic E-state index is -4.08. The molecular weight excluding hydrogens is 616 g/mol. The largest absolute Gasteiger partial charge is 0.441 e. The van der Waals surface area contributed by atoms with Gasteiger partial charge >= 0.3 is 0 Å². The summed E-state index contributed by atoms with van der Waals surface area (Å²) in [5, 5.41) is 4.99. The molecule has 4 aromatic rings. The number of oxazole rings is 1. The fourth-order valence-electron chi connectivity index (χ4n) is 5.85. The lowest BCUT2D eigenvalue weighted by molar-refractivity contribution is -0.160. The third-order valence-electron chi connectivity index (χ3n) is 7.90. The molecule has 0 unspecified atom stereocenters. The monoisotopic (exact) mass is 650 g/mol. The van der Waals surface area contributed by atoms with Crippen molar-refractivity contribution < 1.29 is 31.2 Å². The fourth-order valence-corrected chi connectivity index (χ4v) is 6.83. The maximum Gasteiger partial charge on any atom is 0.240 e. The van der Waals surface area contributed by atoms with Gasteiger partial charge in [0.15, 0.2) is 17.4 Å². The molecule has 6 rings (SSSR count). The van der Waals surface area contributed by atoms with Gasteiger partial charge in [0.2, 0.25) is 10.0 Å². The van der Waals surface area contributed by atoms with Crippen LogP contribution in [0.1, 0.15) is 73.6 Å². The molecule has 45 heavy (non-hydrogen) atoms. The first-order chi connectivity index (χ1) is 21.7. The van der Waals surface area contributed by atoms with Crippen LogP contribution in [0.2, 0.25) is 0 Å². The number of ketones is 1. The third kappa shape index (κ3) is 7.98. The van der Waals surface area contributed by atoms with E-state index in [2.05, 4.69) is 9.87 Å². The van der Waals surface area contributed by atoms with Crippen molar-refractivity contribution in [1.29, 1.82) is 0 Å². The lowest BCUT2D eigenvalue weighted by Gasteiger charge is -2.20. The molecule has 1 fully saturated rings. The summed E-state index contributed by atoms with van der Waals surface area (Å²) >= 11 is 1.16. The Balaban J connectivity index is 0.000000178. The van der Waals surface area contributed by atoms with Gasteiger partial charge < -0.3 is 4.42 Å². The average Bonchev–Trinajstić information content (AvgIpc) is 3.63. The SMILES string of the molecule is COOSc1ccc(C2=C(c3ccccc3)C(=O)CC2)cc1.Cc1nc(C2CCCCC2)c(-c2ccc(S(N)(=O)=O)c(F)c2)o1. The number of hydrogen-bond donors (Lipinski definition) is 1. The van der Waals surface area contributed by atoms with Crippen LogP contribution in [0.15, 0.2) is 87.0 Å². The van der Waals surface area contributed by atoms with Gasteiger partial charge in [-0.05, 0) is 66.3 Å². The molecule has 0 atom stereocenters. The van der Waals surface area contributed by atoms with Crippen molar-refractivity contribution in [2.24, 2.45) is 5.14 Å². The number of carbonyl (C=O) groups is 1. The summed E-state index contributed by atoms with van der Waals surface area (Å²) in [5.41, 5.74) is 5.39. The van der Waals surface area contributed by atoms with Crippen LogP contribution >= 0.6 is 12.0 Å². The normalized spacial score (nSPS) is 15.7. The van der Waals surface area contributed by atoms with Gasteiger partial charge in [0.25, 0.3) is 0 Å². The molecule has 236 valence electrons. The Morgan fingerprint density at radius 1 is 0.933 bits per heavy atom. The molecule has 1 aromatic heterocycles. The van der Waals surface area contributed by atoms with Gasteiger partial charge in [0.05, 0.1) is 24.8 Å². The summed E-state index contributed by atoms with van der Waals surface area (Å²) in [4.78, 5) is 21.8. The van der Waals surface area contributed by atoms with Gasteiger partial charge in [-0.2, -0.15) is 4.33 Å². The maximum absolute atomic E-state index is 14.1. The Labute approximate surface area is 267 Å². The average molecular weight is 651 g/mol. The predicted molar refractivity (Wildman–Crippen MR) is 172 cm³/mol. The molecule has 0 spiro atoms. The number of hydrogen-bond acceptors (Lipinski definition) is 8. The lowest BCUT2D eigenvalue weighted by atomic mass is 9.85. The van der Waals surface area contributed by atoms with Gasteiger partial charge in [0, 0.05) is 35.3 Å². The number of primary sulfonamides is 1. The minimum absolute atomic E-state index is 0.224. The second-order valence-electron chi connectivity index (χ2n) is 11.0. The minimum Gasteiger partial charge on any atom is -0.441 e. The van der Waals surface area contributed by atoms with E-state index in [0.29, 0.717) is 29.6 Å². The Morgan fingerprint density at radius 3 is 2.27 bits per heavy atom. The van der Waals surface area contributed by atoms with Crippen LogP contribution in [0.5, 0.6) is 0 Å². The highest BCUT2D eigenvalue weighted by molar-refractivity contribution is 7.94. The molecule has 1 saturated carbocycles. The van der Waals surface area contributed by atoms with E-state index in [1.54, 1.807) is 6.92 Å². The number of aryl methyl sites for hydroxylation is 1. The maximum atomic E-state index is 14.1. The molecular formula is C34H35FN2O6S2. The summed E-state index contributed by atoms with van der Waals surface area (Å²) in [7, 11) is -2.60. The van der Waals surface area contributed by atoms with Crippen molar-refractivity contribution in [3.63, 3.8) is 0 Å². The van der Waals surface area contributed by atoms with Crippen LogP contribution in [-0.4, -0.2) is 26.3 Å². The standard InChI is InChI=1S/C18H16O3S.C16H19FN2O3S/c1-20-21-22-15-9-7-13(8-10-15)16-11-12-17(19)18(16)14-5-3-2-4-6-14;1-10-19-15(11-5-3-2-4-6-11)16(22-10)12-7-8-14(13(17)9-12)23(18,20)21/h2-10H,11-12H2,1H3;7-9,11H,2-6H2,1H3,(H2,18,20,21). The van der Waals surface area contributed by atoms with E-state index in [1.807, 2.05) is 54.6 Å². The molecule has 2 aliphatic carbocycles. The quantitative estimate of drug-likeness (QED) is 0.116. The van der Waals surface area contributed by atoms with Crippen molar-refractivity contribution >= 4 is 39.0 Å². The fraction of sp³-hybridized carbons (Fsp3) is 0.294. The van der Waals surface area contributed by atoms with Crippen LogP contribution in [0, 0.1) is 12.7 Å². The first-order valence-electron chi connectivity index (χ1n) is 14.7. The van der Waals surface area contributed by atoms with Crippen LogP contribution in [0.4, 0.5) is 4.39 Å². The number of Topliss-reactive ketones (excluding diaryl/α,β-unsaturated/α-hetero) is 1. The predicted octanol–water partition coefficient (Wildman–Crippen LogP) is 8.03. The van der Waals surface area contributed by atoms with Gasteiger partial charge in [0.1, 0.15) is 10.7 Å². The Hall–Kier alpha value is -3.61. The number of benzene rings is 3. The van der Waals surface area contributed by atoms with Crippen LogP contribution in [-0.2, 0) is 24.0 Å². The number of halogens is 1. The summed E-state index contributed by atoms with van der Waals surface area (Å²) in [6.07, 6.45) is 6.98. The van der Waals surface area contributed by atoms with E-state index >= 15 is 0 Å². The molecule has 11 heteroatoms. The molecule has 2 aliphatic rings. The number of nitrogens with two attached hydrogens (primary N) is 1. The van der Waals surface area contributed by atoms with Crippen molar-refractivity contribution in [3.8, 4) is 11.3 Å². The number of nitrogens with zero attached hydrogens (tertiary/aromatic N) is 1. The summed E-state index contributed by atoms with van der Waals surface area (Å²) in [6, 6.07) is 21.7. The summed E-state index contributed by atoms with van der Waals surface area (Å²) in [5.74, 6) is 0.693. The molecule has 0 aliphatic heterocycles. The van der Waals surface area contributed by atoms with Crippen molar-refractivity contribution in [3.05, 3.63) is 101 Å². The number of carbonyl (C=O) groups excluding carboxylic acids is 1. The van der Waals surface area contributed by atoms with E-state index < -0.39 is 20.7 Å². The smallest absolute Gasteiger partial charge is 0.240 e. The molecule has 0 amide bonds. The highest BCUT2D eigenvalue weighted by Crippen LogP contribution is 2.39. The van der Waals surface area contributed by atoms with Gasteiger partial charge in [-0.15, -0.1) is 0 Å². The molecule has 0 saturated heterocycles. The zero-order valence-corrected chi connectivity index (χ0v) is 26.8. The molecule has 2 N–H and O–H groups in total.